The molecule has 0 atom stereocenters. The van der Waals surface area contributed by atoms with Crippen molar-refractivity contribution < 1.29 is 14.0 Å². The van der Waals surface area contributed by atoms with E-state index in [0.29, 0.717) is 24.2 Å². The van der Waals surface area contributed by atoms with Crippen molar-refractivity contribution in [1.82, 2.24) is 20.4 Å². The summed E-state index contributed by atoms with van der Waals surface area (Å²) < 4.78 is 16.0. The molecular weight excluding hydrogens is 310 g/mol. The van der Waals surface area contributed by atoms with Crippen molar-refractivity contribution in [1.29, 1.82) is 0 Å². The van der Waals surface area contributed by atoms with E-state index < -0.39 is 0 Å². The zero-order valence-electron chi connectivity index (χ0n) is 15.0. The number of ether oxygens (including phenoxy) is 2. The highest BCUT2D eigenvalue weighted by Crippen LogP contribution is 2.14. The lowest BCUT2D eigenvalue weighted by Crippen LogP contribution is -2.47. The van der Waals surface area contributed by atoms with Crippen LogP contribution in [0.2, 0.25) is 0 Å². The third-order valence-electron chi connectivity index (χ3n) is 3.99. The van der Waals surface area contributed by atoms with Gasteiger partial charge in [0.2, 0.25) is 5.89 Å². The van der Waals surface area contributed by atoms with Gasteiger partial charge < -0.3 is 24.2 Å². The summed E-state index contributed by atoms with van der Waals surface area (Å²) in [5.74, 6) is 2.24. The molecule has 2 heterocycles. The average molecular weight is 339 g/mol. The van der Waals surface area contributed by atoms with Gasteiger partial charge in [0.05, 0.1) is 6.10 Å². The van der Waals surface area contributed by atoms with Crippen LogP contribution in [0.3, 0.4) is 0 Å². The fourth-order valence-corrected chi connectivity index (χ4v) is 2.74. The van der Waals surface area contributed by atoms with Crippen molar-refractivity contribution in [2.45, 2.75) is 38.7 Å². The standard InChI is InChI=1S/C16H29N5O3/c1-13-19-15(24-20-13)5-8-18-16(17-2)21-9-6-14(7-10-21)23-12-4-11-22-3/h14H,4-12H2,1-3H3,(H,17,18). The van der Waals surface area contributed by atoms with Crippen LogP contribution in [0.15, 0.2) is 9.52 Å². The second-order valence-corrected chi connectivity index (χ2v) is 5.86. The molecule has 0 radical (unpaired) electrons. The molecule has 136 valence electrons. The minimum Gasteiger partial charge on any atom is -0.385 e. The lowest BCUT2D eigenvalue weighted by Gasteiger charge is -2.34. The molecule has 1 aliphatic rings. The summed E-state index contributed by atoms with van der Waals surface area (Å²) in [6, 6.07) is 0. The van der Waals surface area contributed by atoms with E-state index in [-0.39, 0.29) is 0 Å². The predicted octanol–water partition coefficient (Wildman–Crippen LogP) is 1.01. The molecule has 0 unspecified atom stereocenters. The van der Waals surface area contributed by atoms with Gasteiger partial charge in [0.25, 0.3) is 0 Å². The van der Waals surface area contributed by atoms with E-state index in [1.54, 1.807) is 7.11 Å². The van der Waals surface area contributed by atoms with Crippen LogP contribution in [0.5, 0.6) is 0 Å². The highest BCUT2D eigenvalue weighted by atomic mass is 16.5. The normalized spacial score (nSPS) is 16.6. The summed E-state index contributed by atoms with van der Waals surface area (Å²) in [7, 11) is 3.53. The number of hydrogen-bond acceptors (Lipinski definition) is 6. The van der Waals surface area contributed by atoms with E-state index in [1.807, 2.05) is 14.0 Å². The number of guanidine groups is 1. The average Bonchev–Trinajstić information content (AvgIpc) is 3.02. The largest absolute Gasteiger partial charge is 0.385 e. The maximum atomic E-state index is 5.89. The molecule has 1 aliphatic heterocycles. The number of hydrogen-bond donors (Lipinski definition) is 1. The Hall–Kier alpha value is -1.67. The first-order valence-corrected chi connectivity index (χ1v) is 8.58. The Morgan fingerprint density at radius 3 is 2.79 bits per heavy atom. The van der Waals surface area contributed by atoms with Gasteiger partial charge >= 0.3 is 0 Å². The summed E-state index contributed by atoms with van der Waals surface area (Å²) >= 11 is 0. The summed E-state index contributed by atoms with van der Waals surface area (Å²) in [6.45, 7) is 5.98. The van der Waals surface area contributed by atoms with E-state index in [2.05, 4.69) is 25.3 Å². The van der Waals surface area contributed by atoms with Gasteiger partial charge in [-0.1, -0.05) is 5.16 Å². The Kier molecular flexibility index (Phi) is 7.97. The van der Waals surface area contributed by atoms with Crippen molar-refractivity contribution in [3.05, 3.63) is 11.7 Å². The second-order valence-electron chi connectivity index (χ2n) is 5.86. The molecule has 1 saturated heterocycles. The molecule has 0 aliphatic carbocycles. The second kappa shape index (κ2) is 10.2. The van der Waals surface area contributed by atoms with Crippen LogP contribution >= 0.6 is 0 Å². The van der Waals surface area contributed by atoms with E-state index >= 15 is 0 Å². The van der Waals surface area contributed by atoms with Gasteiger partial charge in [-0.3, -0.25) is 4.99 Å². The van der Waals surface area contributed by atoms with Crippen LogP contribution in [-0.4, -0.2) is 74.1 Å². The Balaban J connectivity index is 1.65. The molecule has 2 rings (SSSR count). The first-order valence-electron chi connectivity index (χ1n) is 8.58. The lowest BCUT2D eigenvalue weighted by molar-refractivity contribution is 0.00991. The van der Waals surface area contributed by atoms with Crippen LogP contribution < -0.4 is 5.32 Å². The van der Waals surface area contributed by atoms with Crippen molar-refractivity contribution in [3.8, 4) is 0 Å². The fraction of sp³-hybridized carbons (Fsp3) is 0.812. The number of aryl methyl sites for hydroxylation is 1. The number of nitrogens with one attached hydrogen (secondary N) is 1. The number of likely N-dealkylation sites (tertiary alicyclic amines) is 1. The molecule has 8 heteroatoms. The van der Waals surface area contributed by atoms with E-state index in [0.717, 1.165) is 58.1 Å². The van der Waals surface area contributed by atoms with Crippen molar-refractivity contribution in [2.24, 2.45) is 4.99 Å². The van der Waals surface area contributed by atoms with Gasteiger partial charge in [-0.05, 0) is 26.2 Å². The van der Waals surface area contributed by atoms with Crippen molar-refractivity contribution in [2.75, 3.05) is 47.0 Å². The Bertz CT molecular complexity index is 498. The van der Waals surface area contributed by atoms with Crippen LogP contribution in [0, 0.1) is 6.92 Å². The molecule has 8 nitrogen and oxygen atoms in total. The number of aliphatic imine (C=N–C) groups is 1. The maximum absolute atomic E-state index is 5.89. The van der Waals surface area contributed by atoms with Gasteiger partial charge in [-0.2, -0.15) is 4.98 Å². The molecule has 1 aromatic rings. The van der Waals surface area contributed by atoms with Crippen LogP contribution in [0.1, 0.15) is 31.0 Å². The monoisotopic (exact) mass is 339 g/mol. The minimum absolute atomic E-state index is 0.345. The van der Waals surface area contributed by atoms with Crippen LogP contribution in [0.4, 0.5) is 0 Å². The molecule has 0 amide bonds. The topological polar surface area (TPSA) is 85.0 Å². The smallest absolute Gasteiger partial charge is 0.228 e. The van der Waals surface area contributed by atoms with Gasteiger partial charge in [0, 0.05) is 53.4 Å². The number of rotatable bonds is 8. The van der Waals surface area contributed by atoms with Gasteiger partial charge in [-0.25, -0.2) is 0 Å². The molecule has 0 aromatic carbocycles. The van der Waals surface area contributed by atoms with E-state index in [9.17, 15) is 0 Å². The summed E-state index contributed by atoms with van der Waals surface area (Å²) in [4.78, 5) is 10.8. The summed E-state index contributed by atoms with van der Waals surface area (Å²) in [5, 5.41) is 7.15. The zero-order valence-corrected chi connectivity index (χ0v) is 15.0. The predicted molar refractivity (Wildman–Crippen MR) is 91.1 cm³/mol. The van der Waals surface area contributed by atoms with Gasteiger partial charge in [0.15, 0.2) is 11.8 Å². The van der Waals surface area contributed by atoms with Crippen molar-refractivity contribution >= 4 is 5.96 Å². The Morgan fingerprint density at radius 2 is 2.17 bits per heavy atom. The first kappa shape index (κ1) is 18.7. The molecule has 0 saturated carbocycles. The van der Waals surface area contributed by atoms with Gasteiger partial charge in [0.1, 0.15) is 0 Å². The Morgan fingerprint density at radius 1 is 1.38 bits per heavy atom. The van der Waals surface area contributed by atoms with Gasteiger partial charge in [-0.15, -0.1) is 0 Å². The lowest BCUT2D eigenvalue weighted by atomic mass is 10.1. The number of methoxy groups -OCH3 is 1. The molecule has 1 aromatic heterocycles. The number of piperidine rings is 1. The molecule has 0 spiro atoms. The first-order chi connectivity index (χ1) is 11.7. The van der Waals surface area contributed by atoms with Crippen LogP contribution in [-0.2, 0) is 15.9 Å². The quantitative estimate of drug-likeness (QED) is 0.430. The molecular formula is C16H29N5O3. The fourth-order valence-electron chi connectivity index (χ4n) is 2.74. The van der Waals surface area contributed by atoms with E-state index in [4.69, 9.17) is 14.0 Å². The number of aromatic nitrogens is 2. The molecule has 1 fully saturated rings. The Labute approximate surface area is 143 Å². The minimum atomic E-state index is 0.345. The maximum Gasteiger partial charge on any atom is 0.228 e. The highest BCUT2D eigenvalue weighted by molar-refractivity contribution is 5.79. The summed E-state index contributed by atoms with van der Waals surface area (Å²) in [5.41, 5.74) is 0. The van der Waals surface area contributed by atoms with E-state index in [1.165, 1.54) is 0 Å². The SMILES string of the molecule is CN=C(NCCc1nc(C)no1)N1CCC(OCCCOC)CC1. The molecule has 1 N–H and O–H groups in total. The zero-order chi connectivity index (χ0) is 17.2. The third-order valence-corrected chi connectivity index (χ3v) is 3.99. The molecule has 24 heavy (non-hydrogen) atoms. The third kappa shape index (κ3) is 6.09. The number of nitrogens with zero attached hydrogens (tertiary/aromatic N) is 4. The summed E-state index contributed by atoms with van der Waals surface area (Å²) in [6.07, 6.45) is 4.04. The van der Waals surface area contributed by atoms with Crippen molar-refractivity contribution in [3.63, 3.8) is 0 Å². The highest BCUT2D eigenvalue weighted by Gasteiger charge is 2.21. The van der Waals surface area contributed by atoms with Crippen LogP contribution in [0.25, 0.3) is 0 Å². The molecule has 0 bridgehead atoms.